The van der Waals surface area contributed by atoms with Gasteiger partial charge in [0.1, 0.15) is 0 Å². The van der Waals surface area contributed by atoms with E-state index in [1.807, 2.05) is 0 Å². The molecule has 0 aromatic carbocycles. The highest BCUT2D eigenvalue weighted by atomic mass is 32.1. The predicted octanol–water partition coefficient (Wildman–Crippen LogP) is 0.306. The summed E-state index contributed by atoms with van der Waals surface area (Å²) in [4.78, 5) is 11.2. The van der Waals surface area contributed by atoms with Gasteiger partial charge in [0.15, 0.2) is 5.75 Å². The molecule has 0 aliphatic carbocycles. The van der Waals surface area contributed by atoms with Crippen LogP contribution in [0.15, 0.2) is 16.2 Å². The minimum absolute atomic E-state index is 0.153. The normalized spacial score (nSPS) is 9.70. The second-order valence-corrected chi connectivity index (χ2v) is 2.75. The molecule has 0 radical (unpaired) electrons. The van der Waals surface area contributed by atoms with Gasteiger partial charge >= 0.3 is 0 Å². The van der Waals surface area contributed by atoms with Crippen LogP contribution in [0.4, 0.5) is 0 Å². The third-order valence-corrected chi connectivity index (χ3v) is 1.91. The van der Waals surface area contributed by atoms with Crippen LogP contribution in [0.5, 0.6) is 5.75 Å². The Morgan fingerprint density at radius 2 is 2.30 bits per heavy atom. The van der Waals surface area contributed by atoms with Crippen molar-refractivity contribution < 1.29 is 10.2 Å². The molecule has 1 aromatic heterocycles. The Bertz CT molecular complexity index is 279. The van der Waals surface area contributed by atoms with Gasteiger partial charge in [-0.3, -0.25) is 4.79 Å². The Labute approximate surface area is 61.2 Å². The van der Waals surface area contributed by atoms with Crippen LogP contribution in [0.2, 0.25) is 0 Å². The third kappa shape index (κ3) is 1.34. The number of aromatic hydroxyl groups is 1. The minimum atomic E-state index is -0.442. The highest BCUT2D eigenvalue weighted by Gasteiger charge is 1.96. The van der Waals surface area contributed by atoms with Crippen molar-refractivity contribution in [1.82, 2.24) is 0 Å². The van der Waals surface area contributed by atoms with Gasteiger partial charge in [0, 0.05) is 16.3 Å². The Morgan fingerprint density at radius 1 is 1.60 bits per heavy atom. The summed E-state index contributed by atoms with van der Waals surface area (Å²) in [5, 5.41) is 18.6. The summed E-state index contributed by atoms with van der Waals surface area (Å²) < 4.78 is 0. The lowest BCUT2D eigenvalue weighted by Crippen LogP contribution is -1.97. The molecule has 0 fully saturated rings. The highest BCUT2D eigenvalue weighted by molar-refractivity contribution is 7.09. The van der Waals surface area contributed by atoms with Crippen molar-refractivity contribution in [2.45, 2.75) is 6.61 Å². The number of hydrogen-bond acceptors (Lipinski definition) is 4. The first kappa shape index (κ1) is 7.24. The van der Waals surface area contributed by atoms with Gasteiger partial charge in [-0.25, -0.2) is 0 Å². The van der Waals surface area contributed by atoms with Crippen molar-refractivity contribution in [2.24, 2.45) is 0 Å². The second-order valence-electron chi connectivity index (χ2n) is 1.75. The molecule has 0 amide bonds. The van der Waals surface area contributed by atoms with Gasteiger partial charge in [-0.15, -0.1) is 11.3 Å². The Balaban J connectivity index is 3.17. The maximum atomic E-state index is 10.6. The molecule has 0 saturated heterocycles. The number of aliphatic hydroxyl groups is 1. The fraction of sp³-hybridized carbons (Fsp3) is 0.167. The smallest absolute Gasteiger partial charge is 0.222 e. The van der Waals surface area contributed by atoms with Crippen LogP contribution >= 0.6 is 11.3 Å². The van der Waals surface area contributed by atoms with Crippen LogP contribution in [-0.4, -0.2) is 10.2 Å². The van der Waals surface area contributed by atoms with Crippen molar-refractivity contribution >= 4 is 11.3 Å². The molecule has 0 bridgehead atoms. The molecule has 0 atom stereocenters. The lowest BCUT2D eigenvalue weighted by atomic mass is 10.4. The van der Waals surface area contributed by atoms with Crippen LogP contribution in [-0.2, 0) is 6.61 Å². The van der Waals surface area contributed by atoms with E-state index in [1.165, 1.54) is 11.4 Å². The summed E-state index contributed by atoms with van der Waals surface area (Å²) in [5.74, 6) is -0.262. The molecule has 1 rings (SSSR count). The Morgan fingerprint density at radius 3 is 2.80 bits per heavy atom. The second kappa shape index (κ2) is 2.81. The molecule has 1 heterocycles. The van der Waals surface area contributed by atoms with Crippen LogP contribution in [0.1, 0.15) is 4.88 Å². The van der Waals surface area contributed by atoms with E-state index in [1.54, 1.807) is 0 Å². The van der Waals surface area contributed by atoms with Crippen LogP contribution in [0.3, 0.4) is 0 Å². The fourth-order valence-corrected chi connectivity index (χ4v) is 1.16. The number of hydrogen-bond donors (Lipinski definition) is 2. The Kier molecular flexibility index (Phi) is 2.03. The van der Waals surface area contributed by atoms with Crippen molar-refractivity contribution in [3.05, 3.63) is 26.5 Å². The van der Waals surface area contributed by atoms with Crippen molar-refractivity contribution in [3.8, 4) is 5.75 Å². The topological polar surface area (TPSA) is 57.5 Å². The molecule has 1 aromatic rings. The SMILES string of the molecule is O=c1cc(CO)scc1O. The van der Waals surface area contributed by atoms with E-state index in [9.17, 15) is 4.79 Å². The van der Waals surface area contributed by atoms with Crippen LogP contribution < -0.4 is 5.43 Å². The molecule has 10 heavy (non-hydrogen) atoms. The lowest BCUT2D eigenvalue weighted by molar-refractivity contribution is 0.285. The molecule has 0 aliphatic heterocycles. The first-order valence-corrected chi connectivity index (χ1v) is 3.53. The largest absolute Gasteiger partial charge is 0.504 e. The molecular weight excluding hydrogens is 152 g/mol. The monoisotopic (exact) mass is 158 g/mol. The third-order valence-electron chi connectivity index (χ3n) is 1.02. The zero-order chi connectivity index (χ0) is 7.56. The molecule has 0 saturated carbocycles. The van der Waals surface area contributed by atoms with E-state index in [-0.39, 0.29) is 12.4 Å². The van der Waals surface area contributed by atoms with E-state index >= 15 is 0 Å². The summed E-state index contributed by atoms with van der Waals surface area (Å²) in [6, 6.07) is 1.22. The number of aliphatic hydroxyl groups excluding tert-OH is 1. The van der Waals surface area contributed by atoms with Crippen molar-refractivity contribution in [2.75, 3.05) is 0 Å². The van der Waals surface area contributed by atoms with Gasteiger partial charge < -0.3 is 10.2 Å². The quantitative estimate of drug-likeness (QED) is 0.618. The fourth-order valence-electron chi connectivity index (χ4n) is 0.527. The first-order valence-electron chi connectivity index (χ1n) is 2.65. The Hall–Kier alpha value is -0.870. The first-order chi connectivity index (χ1) is 4.74. The lowest BCUT2D eigenvalue weighted by Gasteiger charge is -1.91. The zero-order valence-corrected chi connectivity index (χ0v) is 5.89. The van der Waals surface area contributed by atoms with Crippen molar-refractivity contribution in [1.29, 1.82) is 0 Å². The average molecular weight is 158 g/mol. The average Bonchev–Trinajstić information content (AvgIpc) is 1.95. The van der Waals surface area contributed by atoms with Crippen molar-refractivity contribution in [3.63, 3.8) is 0 Å². The molecule has 2 N–H and O–H groups in total. The molecule has 54 valence electrons. The molecule has 3 nitrogen and oxygen atoms in total. The predicted molar refractivity (Wildman–Crippen MR) is 38.2 cm³/mol. The van der Waals surface area contributed by atoms with E-state index in [0.29, 0.717) is 4.88 Å². The van der Waals surface area contributed by atoms with E-state index in [0.717, 1.165) is 11.3 Å². The minimum Gasteiger partial charge on any atom is -0.504 e. The molecule has 0 spiro atoms. The highest BCUT2D eigenvalue weighted by Crippen LogP contribution is 2.09. The van der Waals surface area contributed by atoms with Gasteiger partial charge in [0.2, 0.25) is 5.43 Å². The van der Waals surface area contributed by atoms with Gasteiger partial charge in [-0.1, -0.05) is 0 Å². The van der Waals surface area contributed by atoms with Gasteiger partial charge in [-0.05, 0) is 0 Å². The van der Waals surface area contributed by atoms with E-state index < -0.39 is 5.43 Å². The summed E-state index contributed by atoms with van der Waals surface area (Å²) in [7, 11) is 0. The van der Waals surface area contributed by atoms with Crippen LogP contribution in [0.25, 0.3) is 0 Å². The summed E-state index contributed by atoms with van der Waals surface area (Å²) in [5.41, 5.74) is -0.442. The maximum absolute atomic E-state index is 10.6. The van der Waals surface area contributed by atoms with Crippen LogP contribution in [0, 0.1) is 0 Å². The van der Waals surface area contributed by atoms with E-state index in [4.69, 9.17) is 10.2 Å². The zero-order valence-electron chi connectivity index (χ0n) is 5.07. The molecular formula is C6H6O3S. The summed E-state index contributed by atoms with van der Waals surface area (Å²) in [6.07, 6.45) is 0. The standard InChI is InChI=1S/C6H6O3S/c7-2-4-1-5(8)6(9)3-10-4/h1,3,7,9H,2H2. The molecule has 4 heteroatoms. The van der Waals surface area contributed by atoms with E-state index in [2.05, 4.69) is 0 Å². The molecule has 0 aliphatic rings. The maximum Gasteiger partial charge on any atom is 0.222 e. The summed E-state index contributed by atoms with van der Waals surface area (Å²) >= 11 is 1.15. The molecule has 0 unspecified atom stereocenters. The summed E-state index contributed by atoms with van der Waals surface area (Å²) in [6.45, 7) is -0.153. The van der Waals surface area contributed by atoms with Gasteiger partial charge in [0.05, 0.1) is 6.61 Å². The van der Waals surface area contributed by atoms with Gasteiger partial charge in [0.25, 0.3) is 0 Å². The number of rotatable bonds is 1. The van der Waals surface area contributed by atoms with Gasteiger partial charge in [-0.2, -0.15) is 0 Å².